The van der Waals surface area contributed by atoms with Gasteiger partial charge in [-0.25, -0.2) is 0 Å². The number of aromatic nitrogens is 2. The van der Waals surface area contributed by atoms with E-state index in [9.17, 15) is 0 Å². The Morgan fingerprint density at radius 3 is 3.06 bits per heavy atom. The minimum atomic E-state index is 0.0291. The van der Waals surface area contributed by atoms with E-state index in [0.717, 1.165) is 30.8 Å². The van der Waals surface area contributed by atoms with E-state index in [1.165, 1.54) is 0 Å². The predicted octanol–water partition coefficient (Wildman–Crippen LogP) is 3.79. The highest BCUT2D eigenvalue weighted by Crippen LogP contribution is 2.51. The van der Waals surface area contributed by atoms with Crippen molar-refractivity contribution >= 4 is 17.3 Å². The molecule has 18 heavy (non-hydrogen) atoms. The van der Waals surface area contributed by atoms with Crippen molar-refractivity contribution in [3.05, 3.63) is 36.8 Å². The highest BCUT2D eigenvalue weighted by molar-refractivity contribution is 6.25. The molecule has 3 nitrogen and oxygen atoms in total. The zero-order valence-corrected chi connectivity index (χ0v) is 11.7. The van der Waals surface area contributed by atoms with Crippen LogP contribution >= 0.6 is 11.6 Å². The number of aryl methyl sites for hydroxylation is 1. The van der Waals surface area contributed by atoms with Crippen LogP contribution in [0.3, 0.4) is 0 Å². The van der Waals surface area contributed by atoms with Gasteiger partial charge >= 0.3 is 0 Å². The van der Waals surface area contributed by atoms with Gasteiger partial charge in [0.2, 0.25) is 0 Å². The van der Waals surface area contributed by atoms with Crippen LogP contribution in [0.4, 0.5) is 5.69 Å². The maximum absolute atomic E-state index is 6.19. The zero-order chi connectivity index (χ0) is 13.2. The Hall–Kier alpha value is -1.22. The van der Waals surface area contributed by atoms with E-state index in [1.54, 1.807) is 6.20 Å². The maximum Gasteiger partial charge on any atom is 0.0770 e. The molecule has 0 saturated heterocycles. The second-order valence-corrected chi connectivity index (χ2v) is 5.92. The van der Waals surface area contributed by atoms with Crippen molar-refractivity contribution in [1.82, 2.24) is 9.78 Å². The number of hydrogen-bond donors (Lipinski definition) is 1. The van der Waals surface area contributed by atoms with Gasteiger partial charge in [-0.15, -0.1) is 11.6 Å². The van der Waals surface area contributed by atoms with E-state index in [2.05, 4.69) is 36.9 Å². The van der Waals surface area contributed by atoms with Crippen LogP contribution in [-0.4, -0.2) is 14.7 Å². The van der Waals surface area contributed by atoms with E-state index in [4.69, 9.17) is 11.6 Å². The van der Waals surface area contributed by atoms with Crippen LogP contribution in [0, 0.1) is 5.92 Å². The first-order chi connectivity index (χ1) is 8.51. The third kappa shape index (κ3) is 3.39. The van der Waals surface area contributed by atoms with E-state index in [1.807, 2.05) is 17.0 Å². The third-order valence-electron chi connectivity index (χ3n) is 3.34. The molecule has 98 valence electrons. The Morgan fingerprint density at radius 1 is 1.78 bits per heavy atom. The molecule has 1 saturated carbocycles. The van der Waals surface area contributed by atoms with Gasteiger partial charge in [-0.2, -0.15) is 5.10 Å². The summed E-state index contributed by atoms with van der Waals surface area (Å²) in [6.07, 6.45) is 10.1. The van der Waals surface area contributed by atoms with Crippen LogP contribution in [-0.2, 0) is 6.54 Å². The van der Waals surface area contributed by atoms with Crippen molar-refractivity contribution in [1.29, 1.82) is 0 Å². The molecule has 1 heterocycles. The Bertz CT molecular complexity index is 459. The van der Waals surface area contributed by atoms with Crippen molar-refractivity contribution in [2.75, 3.05) is 5.32 Å². The molecule has 0 amide bonds. The van der Waals surface area contributed by atoms with E-state index >= 15 is 0 Å². The minimum Gasteiger partial charge on any atom is -0.353 e. The van der Waals surface area contributed by atoms with E-state index < -0.39 is 0 Å². The van der Waals surface area contributed by atoms with Gasteiger partial charge in [0.25, 0.3) is 0 Å². The van der Waals surface area contributed by atoms with Crippen LogP contribution in [0.25, 0.3) is 0 Å². The number of nitrogens with zero attached hydrogens (tertiary/aromatic N) is 2. The van der Waals surface area contributed by atoms with Crippen molar-refractivity contribution in [3.8, 4) is 0 Å². The smallest absolute Gasteiger partial charge is 0.0770 e. The third-order valence-corrected chi connectivity index (χ3v) is 3.80. The molecule has 0 radical (unpaired) electrons. The molecular weight excluding hydrogens is 246 g/mol. The quantitative estimate of drug-likeness (QED) is 0.626. The average molecular weight is 266 g/mol. The fraction of sp³-hybridized carbons (Fsp3) is 0.500. The molecule has 0 spiro atoms. The SMILES string of the molecule is C=C(/C=C/CC1CC1(C)Cl)Nc1cnn(CC)c1. The van der Waals surface area contributed by atoms with Crippen LogP contribution < -0.4 is 5.32 Å². The summed E-state index contributed by atoms with van der Waals surface area (Å²) in [6.45, 7) is 9.00. The summed E-state index contributed by atoms with van der Waals surface area (Å²) in [5.74, 6) is 0.617. The van der Waals surface area contributed by atoms with E-state index in [-0.39, 0.29) is 4.87 Å². The molecule has 0 bridgehead atoms. The first-order valence-corrected chi connectivity index (χ1v) is 6.73. The minimum absolute atomic E-state index is 0.0291. The Balaban J connectivity index is 1.76. The number of anilines is 1. The van der Waals surface area contributed by atoms with Gasteiger partial charge in [0, 0.05) is 23.3 Å². The number of hydrogen-bond acceptors (Lipinski definition) is 2. The van der Waals surface area contributed by atoms with Gasteiger partial charge in [0.05, 0.1) is 11.9 Å². The number of alkyl halides is 1. The van der Waals surface area contributed by atoms with Crippen LogP contribution in [0.2, 0.25) is 0 Å². The Labute approximate surface area is 114 Å². The lowest BCUT2D eigenvalue weighted by molar-refractivity contribution is 0.660. The van der Waals surface area contributed by atoms with Crippen LogP contribution in [0.5, 0.6) is 0 Å². The van der Waals surface area contributed by atoms with Crippen molar-refractivity contribution in [2.45, 2.75) is 38.1 Å². The molecule has 1 fully saturated rings. The summed E-state index contributed by atoms with van der Waals surface area (Å²) in [7, 11) is 0. The molecule has 4 heteroatoms. The zero-order valence-electron chi connectivity index (χ0n) is 11.0. The summed E-state index contributed by atoms with van der Waals surface area (Å²) < 4.78 is 1.88. The lowest BCUT2D eigenvalue weighted by Crippen LogP contribution is -1.95. The van der Waals surface area contributed by atoms with Gasteiger partial charge < -0.3 is 5.32 Å². The summed E-state index contributed by atoms with van der Waals surface area (Å²) in [6, 6.07) is 0. The van der Waals surface area contributed by atoms with Gasteiger partial charge in [-0.05, 0) is 38.7 Å². The average Bonchev–Trinajstić information content (AvgIpc) is 2.75. The summed E-state index contributed by atoms with van der Waals surface area (Å²) >= 11 is 6.19. The van der Waals surface area contributed by atoms with Crippen molar-refractivity contribution in [2.24, 2.45) is 5.92 Å². The lowest BCUT2D eigenvalue weighted by Gasteiger charge is -2.02. The summed E-state index contributed by atoms with van der Waals surface area (Å²) in [4.78, 5) is 0.0291. The molecule has 2 unspecified atom stereocenters. The summed E-state index contributed by atoms with van der Waals surface area (Å²) in [5.41, 5.74) is 1.85. The molecule has 0 aliphatic heterocycles. The van der Waals surface area contributed by atoms with Crippen molar-refractivity contribution < 1.29 is 0 Å². The van der Waals surface area contributed by atoms with Gasteiger partial charge in [0.1, 0.15) is 0 Å². The lowest BCUT2D eigenvalue weighted by atomic mass is 10.2. The standard InChI is InChI=1S/C14H20ClN3/c1-4-18-10-13(9-16-18)17-11(2)6-5-7-12-8-14(12,3)15/h5-6,9-10,12,17H,2,4,7-8H2,1,3H3/b6-5+. The molecule has 2 rings (SSSR count). The topological polar surface area (TPSA) is 29.9 Å². The maximum atomic E-state index is 6.19. The Kier molecular flexibility index (Phi) is 3.81. The van der Waals surface area contributed by atoms with Gasteiger partial charge in [0.15, 0.2) is 0 Å². The number of rotatable bonds is 6. The number of halogens is 1. The first-order valence-electron chi connectivity index (χ1n) is 6.35. The molecule has 1 aromatic rings. The molecule has 1 N–H and O–H groups in total. The van der Waals surface area contributed by atoms with Crippen molar-refractivity contribution in [3.63, 3.8) is 0 Å². The summed E-state index contributed by atoms with van der Waals surface area (Å²) in [5, 5.41) is 7.41. The second-order valence-electron chi connectivity index (χ2n) is 5.05. The molecular formula is C14H20ClN3. The number of allylic oxidation sites excluding steroid dienone is 2. The molecule has 2 atom stereocenters. The highest BCUT2D eigenvalue weighted by atomic mass is 35.5. The monoisotopic (exact) mass is 265 g/mol. The normalized spacial score (nSPS) is 26.5. The number of nitrogens with one attached hydrogen (secondary N) is 1. The first kappa shape index (κ1) is 13.2. The second kappa shape index (κ2) is 5.19. The molecule has 1 aromatic heterocycles. The largest absolute Gasteiger partial charge is 0.353 e. The van der Waals surface area contributed by atoms with E-state index in [0.29, 0.717) is 5.92 Å². The molecule has 1 aliphatic carbocycles. The Morgan fingerprint density at radius 2 is 2.50 bits per heavy atom. The molecule has 0 aromatic carbocycles. The molecule has 1 aliphatic rings. The van der Waals surface area contributed by atoms with Crippen LogP contribution in [0.15, 0.2) is 36.8 Å². The predicted molar refractivity (Wildman–Crippen MR) is 76.8 cm³/mol. The van der Waals surface area contributed by atoms with Gasteiger partial charge in [-0.3, -0.25) is 4.68 Å². The van der Waals surface area contributed by atoms with Crippen LogP contribution in [0.1, 0.15) is 26.7 Å². The fourth-order valence-corrected chi connectivity index (χ4v) is 2.23. The highest BCUT2D eigenvalue weighted by Gasteiger charge is 2.47. The fourth-order valence-electron chi connectivity index (χ4n) is 1.95. The van der Waals surface area contributed by atoms with Gasteiger partial charge in [-0.1, -0.05) is 12.7 Å².